The number of pyridine rings is 1. The van der Waals surface area contributed by atoms with E-state index in [0.29, 0.717) is 43.1 Å². The average molecular weight is 701 g/mol. The predicted molar refractivity (Wildman–Crippen MR) is 199 cm³/mol. The Hall–Kier alpha value is -3.99. The van der Waals surface area contributed by atoms with Crippen LogP contribution in [-0.4, -0.2) is 76.5 Å². The molecule has 2 aromatic heterocycles. The standard InChI is InChI=1S/C41H53FN4O5/c1-26-12-9-10-21-49-41(6)17-19-45(20-18-41)38-35(36(39(47)48)51-40(3,4)5)27(2)32(24-44(7)8)37-43-33(25-46(37)38)29-14-11-13-28(22-29)31-23-30(42)15-16-34(31)50-26/h11,13-16,22-23,25-26,36H,9-10,12,17-21,24H2,1-8H3,(H,47,48)/t26-,36-/m0/s1. The number of ether oxygens (including phenoxy) is 3. The number of carboxylic acids is 1. The van der Waals surface area contributed by atoms with E-state index in [2.05, 4.69) is 28.0 Å². The van der Waals surface area contributed by atoms with Gasteiger partial charge in [-0.2, -0.15) is 0 Å². The van der Waals surface area contributed by atoms with Crippen molar-refractivity contribution in [2.45, 2.75) is 104 Å². The maximum Gasteiger partial charge on any atom is 0.337 e. The minimum atomic E-state index is -1.21. The van der Waals surface area contributed by atoms with Crippen LogP contribution >= 0.6 is 0 Å². The van der Waals surface area contributed by atoms with Gasteiger partial charge in [-0.25, -0.2) is 14.2 Å². The molecule has 4 aromatic rings. The Balaban J connectivity index is 1.61. The van der Waals surface area contributed by atoms with E-state index in [9.17, 15) is 14.3 Å². The van der Waals surface area contributed by atoms with E-state index < -0.39 is 17.7 Å². The van der Waals surface area contributed by atoms with Crippen molar-refractivity contribution in [3.63, 3.8) is 0 Å². The number of halogens is 1. The number of piperidine rings is 1. The molecule has 9 nitrogen and oxygen atoms in total. The first-order valence-electron chi connectivity index (χ1n) is 18.2. The number of fused-ring (bicyclic) bond motifs is 8. The van der Waals surface area contributed by atoms with Gasteiger partial charge in [-0.15, -0.1) is 0 Å². The number of anilines is 1. The van der Waals surface area contributed by atoms with Gasteiger partial charge in [0.05, 0.1) is 23.0 Å². The highest BCUT2D eigenvalue weighted by atomic mass is 19.1. The third kappa shape index (κ3) is 8.08. The van der Waals surface area contributed by atoms with Crippen molar-refractivity contribution in [2.24, 2.45) is 0 Å². The number of imidazole rings is 1. The average Bonchev–Trinajstić information content (AvgIpc) is 3.50. The molecule has 0 spiro atoms. The summed E-state index contributed by atoms with van der Waals surface area (Å²) >= 11 is 0. The van der Waals surface area contributed by atoms with Gasteiger partial charge >= 0.3 is 5.97 Å². The molecule has 2 atom stereocenters. The first kappa shape index (κ1) is 36.8. The summed E-state index contributed by atoms with van der Waals surface area (Å²) in [7, 11) is 4.00. The second-order valence-corrected chi connectivity index (χ2v) is 15.8. The van der Waals surface area contributed by atoms with Gasteiger partial charge in [0.2, 0.25) is 0 Å². The van der Waals surface area contributed by atoms with Crippen molar-refractivity contribution in [1.29, 1.82) is 0 Å². The lowest BCUT2D eigenvalue weighted by Crippen LogP contribution is -2.45. The fourth-order valence-electron chi connectivity index (χ4n) is 7.39. The lowest BCUT2D eigenvalue weighted by Gasteiger charge is -2.42. The first-order chi connectivity index (χ1) is 24.1. The Morgan fingerprint density at radius 3 is 2.55 bits per heavy atom. The molecule has 274 valence electrons. The van der Waals surface area contributed by atoms with Crippen LogP contribution in [-0.2, 0) is 20.8 Å². The Labute approximate surface area is 301 Å². The molecule has 1 N–H and O–H groups in total. The molecule has 0 radical (unpaired) electrons. The number of aromatic nitrogens is 2. The van der Waals surface area contributed by atoms with Crippen molar-refractivity contribution in [2.75, 3.05) is 38.7 Å². The van der Waals surface area contributed by atoms with Gasteiger partial charge in [0.15, 0.2) is 6.10 Å². The SMILES string of the molecule is Cc1c([C@H](OC(C)(C)C)C(=O)O)c2n3cc(nc3c1CN(C)C)-c1cccc(c1)-c1cc(F)ccc1O[C@@H](C)CCCCOC1(C)CCN2CC1. The molecule has 1 saturated heterocycles. The predicted octanol–water partition coefficient (Wildman–Crippen LogP) is 8.44. The number of carboxylic acid groups (broad SMARTS) is 1. The van der Waals surface area contributed by atoms with Crippen molar-refractivity contribution in [3.05, 3.63) is 71.2 Å². The number of hydrogen-bond acceptors (Lipinski definition) is 7. The van der Waals surface area contributed by atoms with E-state index in [-0.39, 0.29) is 17.5 Å². The minimum absolute atomic E-state index is 0.0527. The van der Waals surface area contributed by atoms with Crippen LogP contribution in [0.1, 0.15) is 89.5 Å². The molecule has 2 aromatic carbocycles. The number of rotatable bonds is 5. The van der Waals surface area contributed by atoms with Gasteiger partial charge < -0.3 is 29.1 Å². The smallest absolute Gasteiger partial charge is 0.337 e. The molecule has 10 heteroatoms. The molecule has 3 aliphatic rings. The number of nitrogens with zero attached hydrogens (tertiary/aromatic N) is 4. The van der Waals surface area contributed by atoms with E-state index in [0.717, 1.165) is 71.5 Å². The van der Waals surface area contributed by atoms with E-state index in [1.165, 1.54) is 12.1 Å². The lowest BCUT2D eigenvalue weighted by molar-refractivity contribution is -0.160. The van der Waals surface area contributed by atoms with E-state index in [1.54, 1.807) is 6.07 Å². The second kappa shape index (κ2) is 14.6. The van der Waals surface area contributed by atoms with Crippen LogP contribution in [0.15, 0.2) is 48.7 Å². The largest absolute Gasteiger partial charge is 0.490 e. The van der Waals surface area contributed by atoms with Crippen molar-refractivity contribution in [3.8, 4) is 28.1 Å². The van der Waals surface area contributed by atoms with Crippen LogP contribution in [0.2, 0.25) is 0 Å². The molecule has 0 aliphatic carbocycles. The first-order valence-corrected chi connectivity index (χ1v) is 18.2. The molecule has 5 heterocycles. The summed E-state index contributed by atoms with van der Waals surface area (Å²) in [4.78, 5) is 22.8. The highest BCUT2D eigenvalue weighted by Crippen LogP contribution is 2.42. The summed E-state index contributed by atoms with van der Waals surface area (Å²) in [6.07, 6.45) is 5.04. The molecule has 7 rings (SSSR count). The summed E-state index contributed by atoms with van der Waals surface area (Å²) in [5, 5.41) is 10.8. The summed E-state index contributed by atoms with van der Waals surface area (Å²) in [5.41, 5.74) is 5.27. The number of carbonyl (C=O) groups is 1. The quantitative estimate of drug-likeness (QED) is 0.222. The number of aliphatic carboxylic acids is 1. The molecule has 51 heavy (non-hydrogen) atoms. The van der Waals surface area contributed by atoms with Gasteiger partial charge in [0.25, 0.3) is 0 Å². The van der Waals surface area contributed by atoms with Crippen molar-refractivity contribution >= 4 is 17.4 Å². The van der Waals surface area contributed by atoms with Crippen LogP contribution in [0, 0.1) is 12.7 Å². The number of hydrogen-bond donors (Lipinski definition) is 1. The molecule has 1 fully saturated rings. The normalized spacial score (nSPS) is 20.7. The van der Waals surface area contributed by atoms with Gasteiger partial charge in [-0.1, -0.05) is 18.2 Å². The van der Waals surface area contributed by atoms with E-state index in [1.807, 2.05) is 72.3 Å². The molecule has 3 aliphatic heterocycles. The zero-order valence-corrected chi connectivity index (χ0v) is 31.4. The van der Waals surface area contributed by atoms with Gasteiger partial charge in [0, 0.05) is 54.7 Å². The maximum atomic E-state index is 14.8. The summed E-state index contributed by atoms with van der Waals surface area (Å²) in [6.45, 7) is 14.5. The van der Waals surface area contributed by atoms with Gasteiger partial charge in [-0.05, 0) is 123 Å². The second-order valence-electron chi connectivity index (χ2n) is 15.8. The van der Waals surface area contributed by atoms with Crippen molar-refractivity contribution < 1.29 is 28.5 Å². The molecular formula is C41H53FN4O5. The van der Waals surface area contributed by atoms with E-state index >= 15 is 0 Å². The summed E-state index contributed by atoms with van der Waals surface area (Å²) in [5.74, 6) is 0.0434. The number of benzene rings is 2. The van der Waals surface area contributed by atoms with Crippen LogP contribution < -0.4 is 9.64 Å². The minimum Gasteiger partial charge on any atom is -0.490 e. The maximum absolute atomic E-state index is 14.8. The fourth-order valence-corrected chi connectivity index (χ4v) is 7.39. The zero-order chi connectivity index (χ0) is 36.7. The van der Waals surface area contributed by atoms with Crippen molar-refractivity contribution in [1.82, 2.24) is 14.3 Å². The molecule has 0 amide bonds. The van der Waals surface area contributed by atoms with Gasteiger partial charge in [-0.3, -0.25) is 4.40 Å². The highest BCUT2D eigenvalue weighted by Gasteiger charge is 2.38. The summed E-state index contributed by atoms with van der Waals surface area (Å²) in [6, 6.07) is 12.6. The van der Waals surface area contributed by atoms with Gasteiger partial charge in [0.1, 0.15) is 23.0 Å². The van der Waals surface area contributed by atoms with Crippen LogP contribution in [0.5, 0.6) is 5.75 Å². The topological polar surface area (TPSA) is 88.8 Å². The Kier molecular flexibility index (Phi) is 10.5. The molecule has 0 saturated carbocycles. The van der Waals surface area contributed by atoms with Crippen LogP contribution in [0.4, 0.5) is 10.2 Å². The Morgan fingerprint density at radius 1 is 1.14 bits per heavy atom. The van der Waals surface area contributed by atoms with Crippen LogP contribution in [0.3, 0.4) is 0 Å². The highest BCUT2D eigenvalue weighted by molar-refractivity contribution is 5.82. The van der Waals surface area contributed by atoms with E-state index in [4.69, 9.17) is 19.2 Å². The molecule has 0 unspecified atom stereocenters. The fraction of sp³-hybridized carbons (Fsp3) is 0.512. The molecular weight excluding hydrogens is 647 g/mol. The third-order valence-electron chi connectivity index (χ3n) is 10.0. The third-order valence-corrected chi connectivity index (χ3v) is 10.0. The Bertz CT molecular complexity index is 1890. The summed E-state index contributed by atoms with van der Waals surface area (Å²) < 4.78 is 36.2. The lowest BCUT2D eigenvalue weighted by atomic mass is 9.91. The molecule has 6 bridgehead atoms. The Morgan fingerprint density at radius 2 is 1.86 bits per heavy atom. The zero-order valence-electron chi connectivity index (χ0n) is 31.4. The monoisotopic (exact) mass is 700 g/mol. The van der Waals surface area contributed by atoms with Crippen LogP contribution in [0.25, 0.3) is 28.0 Å².